The summed E-state index contributed by atoms with van der Waals surface area (Å²) >= 11 is 13.4. The van der Waals surface area contributed by atoms with Crippen LogP contribution in [0.3, 0.4) is 0 Å². The van der Waals surface area contributed by atoms with Gasteiger partial charge in [-0.25, -0.2) is 0 Å². The number of hydrogen-bond donors (Lipinski definition) is 1. The maximum absolute atomic E-state index is 5.91. The summed E-state index contributed by atoms with van der Waals surface area (Å²) in [5.41, 5.74) is 7.83. The molecule has 0 saturated heterocycles. The van der Waals surface area contributed by atoms with Crippen molar-refractivity contribution in [3.05, 3.63) is 45.3 Å². The molecule has 0 fully saturated rings. The summed E-state index contributed by atoms with van der Waals surface area (Å²) in [5, 5.41) is 0.710. The van der Waals surface area contributed by atoms with E-state index in [1.807, 2.05) is 30.3 Å². The quantitative estimate of drug-likeness (QED) is 0.859. The zero-order valence-electron chi connectivity index (χ0n) is 7.84. The van der Waals surface area contributed by atoms with Crippen LogP contribution in [-0.4, -0.2) is 0 Å². The Labute approximate surface area is 102 Å². The van der Waals surface area contributed by atoms with Gasteiger partial charge in [0.15, 0.2) is 0 Å². The van der Waals surface area contributed by atoms with Crippen LogP contribution in [0.1, 0.15) is 5.56 Å². The number of benzene rings is 1. The van der Waals surface area contributed by atoms with E-state index in [1.54, 1.807) is 11.3 Å². The summed E-state index contributed by atoms with van der Waals surface area (Å²) < 4.78 is 0.780. The lowest BCUT2D eigenvalue weighted by molar-refractivity contribution is 1.08. The Kier molecular flexibility index (Phi) is 3.32. The zero-order valence-corrected chi connectivity index (χ0v) is 10.2. The van der Waals surface area contributed by atoms with E-state index in [1.165, 1.54) is 0 Å². The van der Waals surface area contributed by atoms with Gasteiger partial charge in [-0.1, -0.05) is 29.3 Å². The Balaban J connectivity index is 2.52. The summed E-state index contributed by atoms with van der Waals surface area (Å²) in [6.07, 6.45) is 0. The molecule has 1 aromatic carbocycles. The van der Waals surface area contributed by atoms with E-state index >= 15 is 0 Å². The van der Waals surface area contributed by atoms with E-state index in [2.05, 4.69) is 0 Å². The van der Waals surface area contributed by atoms with Gasteiger partial charge < -0.3 is 5.73 Å². The van der Waals surface area contributed by atoms with Crippen LogP contribution < -0.4 is 5.73 Å². The molecule has 4 heteroatoms. The number of hydrogen-bond acceptors (Lipinski definition) is 2. The van der Waals surface area contributed by atoms with E-state index in [9.17, 15) is 0 Å². The minimum atomic E-state index is 0.478. The molecule has 1 heterocycles. The smallest absolute Gasteiger partial charge is 0.0934 e. The fraction of sp³-hybridized carbons (Fsp3) is 0.0909. The van der Waals surface area contributed by atoms with Crippen molar-refractivity contribution in [3.8, 4) is 10.4 Å². The highest BCUT2D eigenvalue weighted by molar-refractivity contribution is 7.19. The average Bonchev–Trinajstić information content (AvgIpc) is 2.64. The number of thiophene rings is 1. The van der Waals surface area contributed by atoms with Crippen LogP contribution in [0.5, 0.6) is 0 Å². The van der Waals surface area contributed by atoms with Crippen molar-refractivity contribution >= 4 is 34.5 Å². The maximum atomic E-state index is 5.91. The molecule has 78 valence electrons. The average molecular weight is 258 g/mol. The van der Waals surface area contributed by atoms with Crippen molar-refractivity contribution in [2.24, 2.45) is 5.73 Å². The molecule has 0 aliphatic heterocycles. The minimum absolute atomic E-state index is 0.478. The molecule has 15 heavy (non-hydrogen) atoms. The monoisotopic (exact) mass is 257 g/mol. The Morgan fingerprint density at radius 1 is 1.13 bits per heavy atom. The van der Waals surface area contributed by atoms with Crippen molar-refractivity contribution in [1.82, 2.24) is 0 Å². The third kappa shape index (κ3) is 2.34. The van der Waals surface area contributed by atoms with Crippen LogP contribution in [0.15, 0.2) is 30.3 Å². The topological polar surface area (TPSA) is 26.0 Å². The van der Waals surface area contributed by atoms with Crippen molar-refractivity contribution in [2.75, 3.05) is 0 Å². The van der Waals surface area contributed by atoms with Gasteiger partial charge >= 0.3 is 0 Å². The van der Waals surface area contributed by atoms with Gasteiger partial charge in [0.05, 0.1) is 4.34 Å². The SMILES string of the molecule is NCc1cc(Cl)ccc1-c1ccc(Cl)s1. The molecule has 0 unspecified atom stereocenters. The highest BCUT2D eigenvalue weighted by atomic mass is 35.5. The Morgan fingerprint density at radius 2 is 1.93 bits per heavy atom. The molecule has 0 atom stereocenters. The molecule has 0 amide bonds. The molecule has 2 rings (SSSR count). The lowest BCUT2D eigenvalue weighted by Crippen LogP contribution is -1.98. The van der Waals surface area contributed by atoms with Gasteiger partial charge in [0.1, 0.15) is 0 Å². The van der Waals surface area contributed by atoms with E-state index in [4.69, 9.17) is 28.9 Å². The highest BCUT2D eigenvalue weighted by Crippen LogP contribution is 2.34. The lowest BCUT2D eigenvalue weighted by atomic mass is 10.1. The van der Waals surface area contributed by atoms with Crippen molar-refractivity contribution in [1.29, 1.82) is 0 Å². The predicted molar refractivity (Wildman–Crippen MR) is 67.7 cm³/mol. The van der Waals surface area contributed by atoms with Crippen molar-refractivity contribution in [2.45, 2.75) is 6.54 Å². The standard InChI is InChI=1S/C11H9Cl2NS/c12-8-1-2-9(7(5-8)6-14)10-3-4-11(13)15-10/h1-5H,6,14H2. The first kappa shape index (κ1) is 11.0. The predicted octanol–water partition coefficient (Wildman–Crippen LogP) is 4.18. The second-order valence-electron chi connectivity index (χ2n) is 3.11. The van der Waals surface area contributed by atoms with Gasteiger partial charge in [-0.15, -0.1) is 11.3 Å². The number of rotatable bonds is 2. The van der Waals surface area contributed by atoms with Crippen molar-refractivity contribution < 1.29 is 0 Å². The molecule has 2 N–H and O–H groups in total. The molecule has 1 nitrogen and oxygen atoms in total. The molecule has 0 radical (unpaired) electrons. The molecule has 0 aliphatic rings. The molecular weight excluding hydrogens is 249 g/mol. The summed E-state index contributed by atoms with van der Waals surface area (Å²) in [5.74, 6) is 0. The number of halogens is 2. The van der Waals surface area contributed by atoms with Gasteiger partial charge in [-0.3, -0.25) is 0 Å². The van der Waals surface area contributed by atoms with Crippen LogP contribution in [0, 0.1) is 0 Å². The summed E-state index contributed by atoms with van der Waals surface area (Å²) in [6.45, 7) is 0.478. The van der Waals surface area contributed by atoms with E-state index in [0.29, 0.717) is 11.6 Å². The van der Waals surface area contributed by atoms with Crippen LogP contribution >= 0.6 is 34.5 Å². The maximum Gasteiger partial charge on any atom is 0.0934 e. The molecule has 0 bridgehead atoms. The molecule has 0 spiro atoms. The van der Waals surface area contributed by atoms with Crippen LogP contribution in [0.25, 0.3) is 10.4 Å². The van der Waals surface area contributed by atoms with Crippen LogP contribution in [0.4, 0.5) is 0 Å². The fourth-order valence-corrected chi connectivity index (χ4v) is 2.73. The van der Waals surface area contributed by atoms with Gasteiger partial charge in [-0.05, 0) is 35.4 Å². The van der Waals surface area contributed by atoms with E-state index < -0.39 is 0 Å². The third-order valence-corrected chi connectivity index (χ3v) is 3.63. The number of nitrogens with two attached hydrogens (primary N) is 1. The zero-order chi connectivity index (χ0) is 10.8. The van der Waals surface area contributed by atoms with Gasteiger partial charge in [0.2, 0.25) is 0 Å². The highest BCUT2D eigenvalue weighted by Gasteiger charge is 2.06. The van der Waals surface area contributed by atoms with E-state index in [0.717, 1.165) is 20.3 Å². The first-order chi connectivity index (χ1) is 7.20. The molecule has 1 aromatic heterocycles. The normalized spacial score (nSPS) is 10.6. The van der Waals surface area contributed by atoms with E-state index in [-0.39, 0.29) is 0 Å². The fourth-order valence-electron chi connectivity index (χ4n) is 1.43. The minimum Gasteiger partial charge on any atom is -0.326 e. The van der Waals surface area contributed by atoms with Gasteiger partial charge in [0, 0.05) is 16.4 Å². The Bertz CT molecular complexity index is 479. The summed E-state index contributed by atoms with van der Waals surface area (Å²) in [4.78, 5) is 1.12. The van der Waals surface area contributed by atoms with Crippen molar-refractivity contribution in [3.63, 3.8) is 0 Å². The Morgan fingerprint density at radius 3 is 2.53 bits per heavy atom. The first-order valence-electron chi connectivity index (χ1n) is 4.45. The third-order valence-electron chi connectivity index (χ3n) is 2.13. The summed E-state index contributed by atoms with van der Waals surface area (Å²) in [7, 11) is 0. The second kappa shape index (κ2) is 4.54. The second-order valence-corrected chi connectivity index (χ2v) is 5.26. The molecule has 2 aromatic rings. The van der Waals surface area contributed by atoms with Gasteiger partial charge in [-0.2, -0.15) is 0 Å². The van der Waals surface area contributed by atoms with Gasteiger partial charge in [0.25, 0.3) is 0 Å². The molecular formula is C11H9Cl2NS. The molecule has 0 aliphatic carbocycles. The summed E-state index contributed by atoms with van der Waals surface area (Å²) in [6, 6.07) is 9.62. The Hall–Kier alpha value is -0.540. The van der Waals surface area contributed by atoms with Crippen LogP contribution in [-0.2, 0) is 6.54 Å². The van der Waals surface area contributed by atoms with Crippen LogP contribution in [0.2, 0.25) is 9.36 Å². The lowest BCUT2D eigenvalue weighted by Gasteiger charge is -2.05. The first-order valence-corrected chi connectivity index (χ1v) is 6.02. The molecule has 0 saturated carbocycles. The largest absolute Gasteiger partial charge is 0.326 e.